The molecule has 1 saturated carbocycles. The molecule has 1 aromatic carbocycles. The Morgan fingerprint density at radius 1 is 1.44 bits per heavy atom. The fourth-order valence-corrected chi connectivity index (χ4v) is 2.05. The number of benzene rings is 1. The molecule has 3 N–H and O–H groups in total. The molecule has 0 saturated heterocycles. The quantitative estimate of drug-likeness (QED) is 0.861. The van der Waals surface area contributed by atoms with Crippen molar-refractivity contribution in [3.05, 3.63) is 28.5 Å². The first-order chi connectivity index (χ1) is 7.11. The van der Waals surface area contributed by atoms with Gasteiger partial charge in [-0.2, -0.15) is 0 Å². The van der Waals surface area contributed by atoms with Crippen LogP contribution in [0.3, 0.4) is 0 Å². The molecule has 0 heterocycles. The predicted octanol–water partition coefficient (Wildman–Crippen LogP) is 3.41. The Morgan fingerprint density at radius 2 is 2.06 bits per heavy atom. The normalized spacial score (nSPS) is 17.4. The third kappa shape index (κ3) is 2.26. The van der Waals surface area contributed by atoms with Crippen LogP contribution in [0.4, 0.5) is 4.39 Å². The molecular formula is C11H14Cl2FNO. The van der Waals surface area contributed by atoms with E-state index >= 15 is 0 Å². The number of phenols is 1. The summed E-state index contributed by atoms with van der Waals surface area (Å²) in [6, 6.07) is 2.52. The molecular weight excluding hydrogens is 252 g/mol. The molecule has 0 unspecified atom stereocenters. The van der Waals surface area contributed by atoms with E-state index < -0.39 is 5.82 Å². The van der Waals surface area contributed by atoms with Gasteiger partial charge in [-0.05, 0) is 24.8 Å². The van der Waals surface area contributed by atoms with Crippen LogP contribution >= 0.6 is 24.0 Å². The van der Waals surface area contributed by atoms with Crippen molar-refractivity contribution in [1.82, 2.24) is 0 Å². The molecule has 0 bridgehead atoms. The molecule has 90 valence electrons. The van der Waals surface area contributed by atoms with Crippen molar-refractivity contribution >= 4 is 24.0 Å². The Bertz CT molecular complexity index is 382. The zero-order chi connectivity index (χ0) is 11.0. The highest BCUT2D eigenvalue weighted by Gasteiger charge is 2.28. The van der Waals surface area contributed by atoms with Crippen molar-refractivity contribution in [2.24, 2.45) is 11.7 Å². The molecule has 0 radical (unpaired) electrons. The Hall–Kier alpha value is -0.510. The van der Waals surface area contributed by atoms with Gasteiger partial charge >= 0.3 is 0 Å². The second kappa shape index (κ2) is 5.21. The summed E-state index contributed by atoms with van der Waals surface area (Å²) in [6.07, 6.45) is 3.30. The molecule has 2 nitrogen and oxygen atoms in total. The highest BCUT2D eigenvalue weighted by Crippen LogP contribution is 2.41. The Kier molecular flexibility index (Phi) is 4.42. The van der Waals surface area contributed by atoms with Gasteiger partial charge in [0.05, 0.1) is 0 Å². The molecule has 16 heavy (non-hydrogen) atoms. The maximum atomic E-state index is 13.0. The van der Waals surface area contributed by atoms with Gasteiger partial charge < -0.3 is 10.8 Å². The number of hydrogen-bond acceptors (Lipinski definition) is 2. The number of halogens is 3. The van der Waals surface area contributed by atoms with Crippen LogP contribution in [-0.4, -0.2) is 5.11 Å². The van der Waals surface area contributed by atoms with Gasteiger partial charge in [0.15, 0.2) is 0 Å². The molecule has 1 fully saturated rings. The minimum Gasteiger partial charge on any atom is -0.506 e. The summed E-state index contributed by atoms with van der Waals surface area (Å²) in [7, 11) is 0. The lowest BCUT2D eigenvalue weighted by Gasteiger charge is -2.31. The summed E-state index contributed by atoms with van der Waals surface area (Å²) in [5.41, 5.74) is 6.53. The number of rotatable bonds is 2. The Morgan fingerprint density at radius 3 is 2.56 bits per heavy atom. The summed E-state index contributed by atoms with van der Waals surface area (Å²) in [6.45, 7) is 0. The van der Waals surface area contributed by atoms with Crippen LogP contribution in [0.1, 0.15) is 30.9 Å². The van der Waals surface area contributed by atoms with Crippen LogP contribution in [0.15, 0.2) is 12.1 Å². The van der Waals surface area contributed by atoms with E-state index in [4.69, 9.17) is 17.3 Å². The maximum absolute atomic E-state index is 13.0. The molecule has 1 aliphatic rings. The fourth-order valence-electron chi connectivity index (χ4n) is 1.88. The van der Waals surface area contributed by atoms with E-state index in [9.17, 15) is 9.50 Å². The third-order valence-electron chi connectivity index (χ3n) is 3.12. The lowest BCUT2D eigenvalue weighted by Crippen LogP contribution is -2.26. The van der Waals surface area contributed by atoms with Crippen molar-refractivity contribution in [3.8, 4) is 5.75 Å². The summed E-state index contributed by atoms with van der Waals surface area (Å²) >= 11 is 5.61. The lowest BCUT2D eigenvalue weighted by atomic mass is 9.77. The zero-order valence-electron chi connectivity index (χ0n) is 8.62. The second-order valence-corrected chi connectivity index (χ2v) is 4.39. The van der Waals surface area contributed by atoms with E-state index in [-0.39, 0.29) is 29.2 Å². The third-order valence-corrected chi connectivity index (χ3v) is 3.48. The number of hydrogen-bond donors (Lipinski definition) is 2. The monoisotopic (exact) mass is 265 g/mol. The van der Waals surface area contributed by atoms with E-state index in [1.165, 1.54) is 18.6 Å². The maximum Gasteiger partial charge on any atom is 0.145 e. The SMILES string of the molecule is Cl.N[C@H](c1ccc(F)c(Cl)c1O)C1CCC1. The van der Waals surface area contributed by atoms with E-state index in [1.54, 1.807) is 0 Å². The predicted molar refractivity (Wildman–Crippen MR) is 64.6 cm³/mol. The number of aromatic hydroxyl groups is 1. The van der Waals surface area contributed by atoms with E-state index in [0.29, 0.717) is 11.5 Å². The summed E-state index contributed by atoms with van der Waals surface area (Å²) in [5, 5.41) is 9.43. The molecule has 1 aliphatic carbocycles. The van der Waals surface area contributed by atoms with Crippen molar-refractivity contribution in [2.75, 3.05) is 0 Å². The van der Waals surface area contributed by atoms with Gasteiger partial charge in [-0.25, -0.2) is 4.39 Å². The molecule has 5 heteroatoms. The van der Waals surface area contributed by atoms with Crippen LogP contribution in [-0.2, 0) is 0 Å². The van der Waals surface area contributed by atoms with E-state index in [2.05, 4.69) is 0 Å². The van der Waals surface area contributed by atoms with Crippen molar-refractivity contribution in [1.29, 1.82) is 0 Å². The Balaban J connectivity index is 0.00000128. The number of nitrogens with two attached hydrogens (primary N) is 1. The van der Waals surface area contributed by atoms with E-state index in [0.717, 1.165) is 12.8 Å². The molecule has 0 spiro atoms. The zero-order valence-corrected chi connectivity index (χ0v) is 10.2. The van der Waals surface area contributed by atoms with Crippen LogP contribution in [0.25, 0.3) is 0 Å². The first-order valence-electron chi connectivity index (χ1n) is 5.03. The van der Waals surface area contributed by atoms with Gasteiger partial charge in [-0.3, -0.25) is 0 Å². The standard InChI is InChI=1S/C11H13ClFNO.ClH/c12-9-8(13)5-4-7(11(9)15)10(14)6-2-1-3-6;/h4-6,10,15H,1-3,14H2;1H/t10-;/m0./s1. The largest absolute Gasteiger partial charge is 0.506 e. The summed E-state index contributed by atoms with van der Waals surface area (Å²) in [4.78, 5) is 0. The van der Waals surface area contributed by atoms with Crippen molar-refractivity contribution < 1.29 is 9.50 Å². The first kappa shape index (κ1) is 13.6. The minimum absolute atomic E-state index is 0. The second-order valence-electron chi connectivity index (χ2n) is 4.02. The van der Waals surface area contributed by atoms with Gasteiger partial charge in [0.25, 0.3) is 0 Å². The lowest BCUT2D eigenvalue weighted by molar-refractivity contribution is 0.260. The number of phenolic OH excluding ortho intramolecular Hbond substituents is 1. The van der Waals surface area contributed by atoms with Gasteiger partial charge in [0, 0.05) is 11.6 Å². The average Bonchev–Trinajstić information content (AvgIpc) is 2.11. The van der Waals surface area contributed by atoms with Gasteiger partial charge in [0.1, 0.15) is 16.6 Å². The van der Waals surface area contributed by atoms with Crippen LogP contribution in [0.2, 0.25) is 5.02 Å². The highest BCUT2D eigenvalue weighted by atomic mass is 35.5. The Labute approximate surface area is 105 Å². The molecule has 1 aromatic rings. The molecule has 0 amide bonds. The molecule has 1 atom stereocenters. The van der Waals surface area contributed by atoms with Crippen molar-refractivity contribution in [3.63, 3.8) is 0 Å². The van der Waals surface area contributed by atoms with Gasteiger partial charge in [-0.1, -0.05) is 24.1 Å². The molecule has 0 aliphatic heterocycles. The fraction of sp³-hybridized carbons (Fsp3) is 0.455. The summed E-state index contributed by atoms with van der Waals surface area (Å²) in [5.74, 6) is -0.438. The average molecular weight is 266 g/mol. The highest BCUT2D eigenvalue weighted by molar-refractivity contribution is 6.32. The van der Waals surface area contributed by atoms with Gasteiger partial charge in [-0.15, -0.1) is 12.4 Å². The van der Waals surface area contributed by atoms with Gasteiger partial charge in [0.2, 0.25) is 0 Å². The smallest absolute Gasteiger partial charge is 0.145 e. The first-order valence-corrected chi connectivity index (χ1v) is 5.41. The topological polar surface area (TPSA) is 46.2 Å². The van der Waals surface area contributed by atoms with Crippen LogP contribution in [0.5, 0.6) is 5.75 Å². The van der Waals surface area contributed by atoms with Crippen LogP contribution in [0, 0.1) is 11.7 Å². The molecule has 2 rings (SSSR count). The van der Waals surface area contributed by atoms with Crippen LogP contribution < -0.4 is 5.73 Å². The molecule has 0 aromatic heterocycles. The van der Waals surface area contributed by atoms with Crippen molar-refractivity contribution in [2.45, 2.75) is 25.3 Å². The minimum atomic E-state index is -0.612. The summed E-state index contributed by atoms with van der Waals surface area (Å²) < 4.78 is 13.0. The van der Waals surface area contributed by atoms with E-state index in [1.807, 2.05) is 0 Å².